The van der Waals surface area contributed by atoms with Crippen molar-refractivity contribution in [1.29, 1.82) is 0 Å². The number of phenolic OH excluding ortho intramolecular Hbond substituents is 1. The lowest BCUT2D eigenvalue weighted by atomic mass is 9.93. The second kappa shape index (κ2) is 52.1. The van der Waals surface area contributed by atoms with Crippen molar-refractivity contribution in [2.75, 3.05) is 51.5 Å². The van der Waals surface area contributed by atoms with Crippen molar-refractivity contribution in [3.63, 3.8) is 0 Å². The van der Waals surface area contributed by atoms with Crippen LogP contribution in [-0.2, 0) is 92.8 Å². The second-order valence-electron chi connectivity index (χ2n) is 28.2. The number of nitrogens with zero attached hydrogens (tertiary/aromatic N) is 3. The van der Waals surface area contributed by atoms with Gasteiger partial charge in [0.1, 0.15) is 48.3 Å². The number of likely N-dealkylation sites (N-methyl/N-ethyl adjacent to an activating group) is 1. The number of carboxylic acids is 5. The van der Waals surface area contributed by atoms with E-state index in [9.17, 15) is 102 Å². The van der Waals surface area contributed by atoms with Crippen LogP contribution in [0.4, 0.5) is 14.4 Å². The highest BCUT2D eigenvalue weighted by molar-refractivity contribution is 8.76. The van der Waals surface area contributed by atoms with Crippen molar-refractivity contribution >= 4 is 128 Å². The third-order valence-electron chi connectivity index (χ3n) is 18.6. The molecule has 642 valence electrons. The van der Waals surface area contributed by atoms with Gasteiger partial charge < -0.3 is 92.9 Å². The number of aryl methyl sites for hydroxylation is 1. The number of carbonyl (C=O) groups is 16. The number of aromatic hydroxyl groups is 1. The Morgan fingerprint density at radius 2 is 1.28 bits per heavy atom. The van der Waals surface area contributed by atoms with E-state index in [-0.39, 0.29) is 131 Å². The standard InChI is InChI=1S/C75H110N14O24S3/c1-8-14-63(98)113-42-89(70(104)64(44(5)9-2)85-69(103)57-16-11-13-31-88(57)7)56(43(3)4)26-27-59-81-55(41-114-59)68(102)79-49(36-46-21-23-50(90)24-22-46)35-45(6)65(99)86-87-75(111)112-32-34-116-115-33-30-76-66(100)53(38-61(94)95)82-67(101)54(39-62(96)97)80-58(91)37-47-17-19-48(20-18-47)40-78-73(109)77-29-12-10-15-51(71(105)106)83-74(110)84-52(72(107)108)25-28-60(92)93/h17-24,41,43-45,49,51-54,56-57,64,90H,8-16,25-40,42H2,1-7H3,(H,76,100)(H,79,102)(H,80,91)(H,82,101)(H,85,103)(H,86,99)(H,87,111)(H,92,93)(H,94,95)(H,96,97)(H,105,106)(H,107,108)(H2,77,78,109)(H2,83,84,110)/t44?,45-,49+,51-,52-,53-,54-,56+,57+,64-/m0/s1. The van der Waals surface area contributed by atoms with Crippen molar-refractivity contribution in [2.45, 2.75) is 212 Å². The summed E-state index contributed by atoms with van der Waals surface area (Å²) in [6, 6.07) is 1.97. The molecule has 4 rings (SSSR count). The van der Waals surface area contributed by atoms with Crippen LogP contribution in [0.5, 0.6) is 5.75 Å². The number of rotatable bonds is 52. The number of amides is 12. The van der Waals surface area contributed by atoms with Crippen LogP contribution < -0.4 is 58.7 Å². The molecule has 41 heteroatoms. The van der Waals surface area contributed by atoms with Crippen LogP contribution in [0.3, 0.4) is 0 Å². The molecule has 1 fully saturated rings. The Morgan fingerprint density at radius 1 is 0.638 bits per heavy atom. The summed E-state index contributed by atoms with van der Waals surface area (Å²) in [7, 11) is 4.36. The fourth-order valence-corrected chi connectivity index (χ4v) is 14.5. The number of aliphatic carboxylic acids is 5. The van der Waals surface area contributed by atoms with Gasteiger partial charge in [0.05, 0.1) is 30.3 Å². The summed E-state index contributed by atoms with van der Waals surface area (Å²) >= 11 is 1.25. The van der Waals surface area contributed by atoms with Gasteiger partial charge in [-0.25, -0.2) is 34.4 Å². The fourth-order valence-electron chi connectivity index (χ4n) is 12.0. The molecule has 1 saturated heterocycles. The van der Waals surface area contributed by atoms with Gasteiger partial charge in [0.25, 0.3) is 5.91 Å². The first-order valence-corrected chi connectivity index (χ1v) is 41.6. The summed E-state index contributed by atoms with van der Waals surface area (Å²) < 4.78 is 10.9. The van der Waals surface area contributed by atoms with E-state index in [1.165, 1.54) is 57.2 Å². The molecule has 116 heavy (non-hydrogen) atoms. The van der Waals surface area contributed by atoms with Crippen molar-refractivity contribution in [2.24, 2.45) is 17.8 Å². The minimum Gasteiger partial charge on any atom is -0.508 e. The van der Waals surface area contributed by atoms with Gasteiger partial charge in [-0.15, -0.1) is 11.3 Å². The number of carboxylic acid groups (broad SMARTS) is 5. The van der Waals surface area contributed by atoms with Gasteiger partial charge in [0, 0.05) is 73.8 Å². The van der Waals surface area contributed by atoms with Gasteiger partial charge in [-0.1, -0.05) is 112 Å². The van der Waals surface area contributed by atoms with Gasteiger partial charge in [0.2, 0.25) is 35.4 Å². The number of hydrogen-bond acceptors (Lipinski definition) is 24. The Labute approximate surface area is 683 Å². The number of urea groups is 2. The van der Waals surface area contributed by atoms with Gasteiger partial charge >= 0.3 is 54.0 Å². The number of aromatic nitrogens is 1. The van der Waals surface area contributed by atoms with Crippen LogP contribution in [0.25, 0.3) is 0 Å². The molecule has 10 atom stereocenters. The number of piperidine rings is 1. The highest BCUT2D eigenvalue weighted by atomic mass is 33.1. The molecule has 3 aromatic rings. The lowest BCUT2D eigenvalue weighted by Gasteiger charge is -2.39. The number of benzene rings is 2. The Bertz CT molecular complexity index is 3780. The molecule has 0 bridgehead atoms. The molecule has 2 heterocycles. The quantitative estimate of drug-likeness (QED) is 0.0126. The Balaban J connectivity index is 1.20. The molecule has 17 N–H and O–H groups in total. The van der Waals surface area contributed by atoms with Crippen LogP contribution in [0.2, 0.25) is 0 Å². The van der Waals surface area contributed by atoms with E-state index in [1.807, 2.05) is 51.9 Å². The monoisotopic (exact) mass is 1690 g/mol. The molecule has 1 aliphatic heterocycles. The second-order valence-corrected chi connectivity index (χ2v) is 31.9. The van der Waals surface area contributed by atoms with Gasteiger partial charge in [-0.05, 0) is 118 Å². The predicted octanol–water partition coefficient (Wildman–Crippen LogP) is 3.77. The molecule has 1 unspecified atom stereocenters. The Morgan fingerprint density at radius 3 is 1.90 bits per heavy atom. The molecular weight excluding hydrogens is 1580 g/mol. The van der Waals surface area contributed by atoms with E-state index < -0.39 is 157 Å². The summed E-state index contributed by atoms with van der Waals surface area (Å²) in [5.41, 5.74) is 6.35. The number of hydrogen-bond donors (Lipinski definition) is 17. The normalized spacial score (nSPS) is 14.9. The van der Waals surface area contributed by atoms with Crippen LogP contribution in [0, 0.1) is 17.8 Å². The highest BCUT2D eigenvalue weighted by Crippen LogP contribution is 2.26. The average Bonchev–Trinajstić information content (AvgIpc) is 1.02. The van der Waals surface area contributed by atoms with Crippen LogP contribution in [-0.4, -0.2) is 241 Å². The molecule has 0 radical (unpaired) electrons. The zero-order valence-corrected chi connectivity index (χ0v) is 68.5. The molecule has 0 spiro atoms. The summed E-state index contributed by atoms with van der Waals surface area (Å²) in [6.07, 6.45) is 1.05. The summed E-state index contributed by atoms with van der Waals surface area (Å²) in [5, 5.41) is 81.4. The fraction of sp³-hybridized carbons (Fsp3) is 0.587. The SMILES string of the molecule is CCCC(=O)OCN(C(=O)[C@@H](NC(=O)[C@H]1CCCCN1C)C(C)CC)[C@H](CCc1nc(C(=O)N[C@@H](Cc2ccc(O)cc2)C[C@H](C)C(=O)NNC(=O)OCCSSCCNC(=O)[C@H](CC(=O)O)NC(=O)[C@H](CC(=O)O)NC(=O)Cc2ccc(CNC(=O)NCCCC[C@H](NC(=O)N[C@@H](CCC(=O)O)C(=O)O)C(=O)O)cc2)cs1)C(C)C. The first-order valence-electron chi connectivity index (χ1n) is 38.2. The zero-order valence-electron chi connectivity index (χ0n) is 66.0. The molecule has 12 amide bonds. The van der Waals surface area contributed by atoms with Crippen LogP contribution >= 0.6 is 32.9 Å². The van der Waals surface area contributed by atoms with Gasteiger partial charge in [0.15, 0.2) is 6.73 Å². The molecule has 1 aliphatic rings. The molecule has 0 aliphatic carbocycles. The van der Waals surface area contributed by atoms with E-state index in [0.29, 0.717) is 48.2 Å². The van der Waals surface area contributed by atoms with Crippen molar-refractivity contribution in [1.82, 2.24) is 73.5 Å². The summed E-state index contributed by atoms with van der Waals surface area (Å²) in [6.45, 7) is 11.6. The maximum Gasteiger partial charge on any atom is 0.426 e. The Hall–Kier alpha value is -10.6. The first kappa shape index (κ1) is 97.8. The number of nitrogens with one attached hydrogen (secondary N) is 11. The molecular formula is C75H110N14O24S3. The third kappa shape index (κ3) is 37.4. The van der Waals surface area contributed by atoms with Crippen molar-refractivity contribution < 1.29 is 117 Å². The highest BCUT2D eigenvalue weighted by Gasteiger charge is 2.39. The maximum absolute atomic E-state index is 14.8. The smallest absolute Gasteiger partial charge is 0.426 e. The van der Waals surface area contributed by atoms with Crippen LogP contribution in [0.15, 0.2) is 53.9 Å². The van der Waals surface area contributed by atoms with Crippen molar-refractivity contribution in [3.8, 4) is 5.75 Å². The molecule has 2 aromatic carbocycles. The van der Waals surface area contributed by atoms with E-state index >= 15 is 0 Å². The number of thiazole rings is 1. The molecule has 1 aromatic heterocycles. The Kier molecular flexibility index (Phi) is 43.9. The van der Waals surface area contributed by atoms with Crippen LogP contribution in [0.1, 0.15) is 170 Å². The minimum absolute atomic E-state index is 0.0178. The van der Waals surface area contributed by atoms with E-state index in [0.717, 1.165) is 24.9 Å². The average molecular weight is 1690 g/mol. The summed E-state index contributed by atoms with van der Waals surface area (Å²) in [5.74, 6) is -13.0. The minimum atomic E-state index is -1.75. The molecule has 0 saturated carbocycles. The van der Waals surface area contributed by atoms with Gasteiger partial charge in [-0.3, -0.25) is 63.1 Å². The first-order chi connectivity index (χ1) is 55.1. The third-order valence-corrected chi connectivity index (χ3v) is 21.9. The lowest BCUT2D eigenvalue weighted by Crippen LogP contribution is -2.59. The predicted molar refractivity (Wildman–Crippen MR) is 425 cm³/mol. The number of phenols is 1. The summed E-state index contributed by atoms with van der Waals surface area (Å²) in [4.78, 5) is 212. The zero-order chi connectivity index (χ0) is 86.0. The largest absolute Gasteiger partial charge is 0.508 e. The topological polar surface area (TPSA) is 565 Å². The van der Waals surface area contributed by atoms with Crippen molar-refractivity contribution in [3.05, 3.63) is 81.3 Å². The number of esters is 1. The van der Waals surface area contributed by atoms with E-state index in [2.05, 4.69) is 58.4 Å². The van der Waals surface area contributed by atoms with Gasteiger partial charge in [-0.2, -0.15) is 0 Å². The number of likely N-dealkylation sites (tertiary alicyclic amines) is 1. The number of hydrazine groups is 1. The van der Waals surface area contributed by atoms with E-state index in [1.54, 1.807) is 41.5 Å². The number of unbranched alkanes of at least 4 members (excludes halogenated alkanes) is 1. The number of ether oxygens (including phenoxy) is 2. The number of carbonyl (C=O) groups excluding carboxylic acids is 11. The lowest BCUT2D eigenvalue weighted by molar-refractivity contribution is -0.159. The maximum atomic E-state index is 14.8. The van der Waals surface area contributed by atoms with E-state index in [4.69, 9.17) is 14.6 Å². The molecule has 38 nitrogen and oxygen atoms in total.